The van der Waals surface area contributed by atoms with Crippen molar-refractivity contribution in [2.45, 2.75) is 45.6 Å². The zero-order valence-corrected chi connectivity index (χ0v) is 12.8. The number of hydrogen-bond donors (Lipinski definition) is 2. The summed E-state index contributed by atoms with van der Waals surface area (Å²) >= 11 is 0. The van der Waals surface area contributed by atoms with Gasteiger partial charge >= 0.3 is 5.97 Å². The highest BCUT2D eigenvalue weighted by atomic mass is 16.4. The van der Waals surface area contributed by atoms with Gasteiger partial charge in [0.05, 0.1) is 19.6 Å². The average Bonchev–Trinajstić information content (AvgIpc) is 2.42. The van der Waals surface area contributed by atoms with E-state index >= 15 is 0 Å². The summed E-state index contributed by atoms with van der Waals surface area (Å²) in [5, 5.41) is 18.1. The third kappa shape index (κ3) is 7.45. The maximum absolute atomic E-state index is 12.1. The minimum atomic E-state index is -0.894. The lowest BCUT2D eigenvalue weighted by Crippen LogP contribution is -2.45. The van der Waals surface area contributed by atoms with Gasteiger partial charge in [0.1, 0.15) is 0 Å². The van der Waals surface area contributed by atoms with Crippen LogP contribution in [0.15, 0.2) is 0 Å². The summed E-state index contributed by atoms with van der Waals surface area (Å²) in [6.45, 7) is 5.06. The highest BCUT2D eigenvalue weighted by molar-refractivity contribution is 5.78. The van der Waals surface area contributed by atoms with Crippen molar-refractivity contribution in [2.75, 3.05) is 33.3 Å². The normalized spacial score (nSPS) is 12.4. The predicted molar refractivity (Wildman–Crippen MR) is 77.5 cm³/mol. The maximum Gasteiger partial charge on any atom is 0.304 e. The average molecular weight is 288 g/mol. The zero-order valence-electron chi connectivity index (χ0n) is 12.8. The standard InChI is InChI=1S/C14H28N2O4/c1-4-6-8-15(3)13(18)10-16(9-7-14(19)20)12(5-2)11-17/h12,17H,4-11H2,1-3H3,(H,19,20). The van der Waals surface area contributed by atoms with Crippen LogP contribution in [0.2, 0.25) is 0 Å². The van der Waals surface area contributed by atoms with Crippen molar-refractivity contribution in [3.05, 3.63) is 0 Å². The molecule has 2 N–H and O–H groups in total. The Morgan fingerprint density at radius 1 is 1.20 bits per heavy atom. The molecule has 0 radical (unpaired) electrons. The molecule has 0 heterocycles. The van der Waals surface area contributed by atoms with Crippen LogP contribution in [0.3, 0.4) is 0 Å². The molecule has 1 atom stereocenters. The summed E-state index contributed by atoms with van der Waals surface area (Å²) < 4.78 is 0. The molecule has 0 bridgehead atoms. The number of carbonyl (C=O) groups excluding carboxylic acids is 1. The van der Waals surface area contributed by atoms with E-state index in [0.29, 0.717) is 13.0 Å². The van der Waals surface area contributed by atoms with Crippen molar-refractivity contribution in [2.24, 2.45) is 0 Å². The van der Waals surface area contributed by atoms with Crippen LogP contribution >= 0.6 is 0 Å². The van der Waals surface area contributed by atoms with Crippen LogP contribution < -0.4 is 0 Å². The molecule has 0 spiro atoms. The number of rotatable bonds is 11. The Hall–Kier alpha value is -1.14. The molecule has 6 nitrogen and oxygen atoms in total. The zero-order chi connectivity index (χ0) is 15.5. The first-order chi connectivity index (χ1) is 9.46. The van der Waals surface area contributed by atoms with Crippen LogP contribution in [0.5, 0.6) is 0 Å². The SMILES string of the molecule is CCCCN(C)C(=O)CN(CCC(=O)O)C(CC)CO. The number of aliphatic hydroxyl groups is 1. The number of carbonyl (C=O) groups is 2. The Bertz CT molecular complexity index is 293. The van der Waals surface area contributed by atoms with Gasteiger partial charge in [-0.3, -0.25) is 14.5 Å². The monoisotopic (exact) mass is 288 g/mol. The van der Waals surface area contributed by atoms with E-state index < -0.39 is 5.97 Å². The molecule has 20 heavy (non-hydrogen) atoms. The van der Waals surface area contributed by atoms with Crippen molar-refractivity contribution in [3.8, 4) is 0 Å². The smallest absolute Gasteiger partial charge is 0.304 e. The molecule has 0 rings (SSSR count). The molecule has 0 aliphatic rings. The summed E-state index contributed by atoms with van der Waals surface area (Å²) in [4.78, 5) is 26.2. The van der Waals surface area contributed by atoms with Crippen molar-refractivity contribution in [3.63, 3.8) is 0 Å². The van der Waals surface area contributed by atoms with Gasteiger partial charge < -0.3 is 15.1 Å². The highest BCUT2D eigenvalue weighted by Gasteiger charge is 2.21. The molecule has 0 aromatic carbocycles. The van der Waals surface area contributed by atoms with Crippen molar-refractivity contribution in [1.82, 2.24) is 9.80 Å². The Morgan fingerprint density at radius 3 is 2.30 bits per heavy atom. The van der Waals surface area contributed by atoms with E-state index in [-0.39, 0.29) is 38.1 Å². The molecule has 0 saturated carbocycles. The first-order valence-corrected chi connectivity index (χ1v) is 7.26. The Kier molecular flexibility index (Phi) is 10.0. The molecule has 0 aliphatic heterocycles. The third-order valence-electron chi connectivity index (χ3n) is 3.42. The van der Waals surface area contributed by atoms with Gasteiger partial charge in [-0.2, -0.15) is 0 Å². The fourth-order valence-corrected chi connectivity index (χ4v) is 1.95. The third-order valence-corrected chi connectivity index (χ3v) is 3.42. The topological polar surface area (TPSA) is 81.1 Å². The largest absolute Gasteiger partial charge is 0.481 e. The van der Waals surface area contributed by atoms with Crippen molar-refractivity contribution in [1.29, 1.82) is 0 Å². The molecule has 0 saturated heterocycles. The number of unbranched alkanes of at least 4 members (excludes halogenated alkanes) is 1. The second kappa shape index (κ2) is 10.6. The number of hydrogen-bond acceptors (Lipinski definition) is 4. The van der Waals surface area contributed by atoms with Crippen LogP contribution in [0.1, 0.15) is 39.5 Å². The lowest BCUT2D eigenvalue weighted by atomic mass is 10.2. The van der Waals surface area contributed by atoms with Crippen molar-refractivity contribution >= 4 is 11.9 Å². The van der Waals surface area contributed by atoms with Crippen LogP contribution in [-0.4, -0.2) is 71.2 Å². The Morgan fingerprint density at radius 2 is 1.85 bits per heavy atom. The summed E-state index contributed by atoms with van der Waals surface area (Å²) in [6, 6.07) is -0.169. The van der Waals surface area contributed by atoms with E-state index in [4.69, 9.17) is 5.11 Å². The summed E-state index contributed by atoms with van der Waals surface area (Å²) in [5.74, 6) is -0.926. The molecular formula is C14H28N2O4. The number of amides is 1. The maximum atomic E-state index is 12.1. The second-order valence-corrected chi connectivity index (χ2v) is 5.03. The molecule has 118 valence electrons. The van der Waals surface area contributed by atoms with Crippen LogP contribution in [0, 0.1) is 0 Å². The van der Waals surface area contributed by atoms with Gasteiger partial charge in [0, 0.05) is 26.2 Å². The van der Waals surface area contributed by atoms with Gasteiger partial charge in [0.2, 0.25) is 5.91 Å². The molecule has 0 aromatic heterocycles. The van der Waals surface area contributed by atoms with E-state index in [0.717, 1.165) is 12.8 Å². The van der Waals surface area contributed by atoms with E-state index in [2.05, 4.69) is 6.92 Å². The molecule has 6 heteroatoms. The molecule has 0 fully saturated rings. The van der Waals surface area contributed by atoms with E-state index in [9.17, 15) is 14.7 Å². The number of carboxylic acids is 1. The number of nitrogens with zero attached hydrogens (tertiary/aromatic N) is 2. The van der Waals surface area contributed by atoms with Crippen LogP contribution in [0.25, 0.3) is 0 Å². The lowest BCUT2D eigenvalue weighted by molar-refractivity contribution is -0.139. The highest BCUT2D eigenvalue weighted by Crippen LogP contribution is 2.06. The Balaban J connectivity index is 4.52. The number of aliphatic hydroxyl groups excluding tert-OH is 1. The lowest BCUT2D eigenvalue weighted by Gasteiger charge is -2.30. The van der Waals surface area contributed by atoms with Gasteiger partial charge in [-0.05, 0) is 12.8 Å². The van der Waals surface area contributed by atoms with Crippen LogP contribution in [-0.2, 0) is 9.59 Å². The van der Waals surface area contributed by atoms with E-state index in [1.54, 1.807) is 16.8 Å². The predicted octanol–water partition coefficient (Wildman–Crippen LogP) is 0.793. The molecule has 0 aromatic rings. The fourth-order valence-electron chi connectivity index (χ4n) is 1.95. The molecule has 0 aliphatic carbocycles. The van der Waals surface area contributed by atoms with Crippen LogP contribution in [0.4, 0.5) is 0 Å². The minimum absolute atomic E-state index is 0.0253. The Labute approximate surface area is 121 Å². The van der Waals surface area contributed by atoms with Gasteiger partial charge in [-0.1, -0.05) is 20.3 Å². The number of carboxylic acid groups (broad SMARTS) is 1. The van der Waals surface area contributed by atoms with E-state index in [1.165, 1.54) is 0 Å². The first-order valence-electron chi connectivity index (χ1n) is 7.26. The molecule has 1 unspecified atom stereocenters. The van der Waals surface area contributed by atoms with Gasteiger partial charge in [0.15, 0.2) is 0 Å². The quantitative estimate of drug-likeness (QED) is 0.587. The van der Waals surface area contributed by atoms with Gasteiger partial charge in [-0.25, -0.2) is 0 Å². The minimum Gasteiger partial charge on any atom is -0.481 e. The van der Waals surface area contributed by atoms with E-state index in [1.807, 2.05) is 6.92 Å². The van der Waals surface area contributed by atoms with Gasteiger partial charge in [-0.15, -0.1) is 0 Å². The summed E-state index contributed by atoms with van der Waals surface area (Å²) in [5.41, 5.74) is 0. The summed E-state index contributed by atoms with van der Waals surface area (Å²) in [6.07, 6.45) is 2.63. The summed E-state index contributed by atoms with van der Waals surface area (Å²) in [7, 11) is 1.76. The number of likely N-dealkylation sites (N-methyl/N-ethyl adjacent to an activating group) is 1. The fraction of sp³-hybridized carbons (Fsp3) is 0.857. The second-order valence-electron chi connectivity index (χ2n) is 5.03. The first kappa shape index (κ1) is 18.9. The molecular weight excluding hydrogens is 260 g/mol. The molecule has 1 amide bonds. The number of aliphatic carboxylic acids is 1. The van der Waals surface area contributed by atoms with Crippen molar-refractivity contribution < 1.29 is 19.8 Å². The van der Waals surface area contributed by atoms with Gasteiger partial charge in [0.25, 0.3) is 0 Å².